The van der Waals surface area contributed by atoms with Gasteiger partial charge in [0.05, 0.1) is 22.3 Å². The number of benzene rings is 2. The summed E-state index contributed by atoms with van der Waals surface area (Å²) in [6, 6.07) is 13.0. The first kappa shape index (κ1) is 22.8. The molecule has 0 radical (unpaired) electrons. The average molecular weight is 456 g/mol. The van der Waals surface area contributed by atoms with Crippen LogP contribution in [0.4, 0.5) is 5.69 Å². The molecule has 1 fully saturated rings. The van der Waals surface area contributed by atoms with Gasteiger partial charge in [0, 0.05) is 31.2 Å². The molecule has 0 aliphatic carbocycles. The van der Waals surface area contributed by atoms with Crippen molar-refractivity contribution in [1.82, 2.24) is 9.78 Å². The molecule has 0 spiro atoms. The number of aromatic nitrogens is 2. The zero-order valence-electron chi connectivity index (χ0n) is 19.2. The standard InChI is InChI=1S/C25H33N3O3S/c1-4-19(3)28(23-8-6-20(5-2)7-9-23)32(29,30)24-10-11-25-22(16-24)17-26-27(25)18-21-12-14-31-15-13-21/h6-11,16-17,19,21H,4-5,12-15,18H2,1-3H3. The van der Waals surface area contributed by atoms with Gasteiger partial charge in [-0.25, -0.2) is 8.42 Å². The third kappa shape index (κ3) is 4.55. The fourth-order valence-corrected chi connectivity index (χ4v) is 6.10. The highest BCUT2D eigenvalue weighted by Gasteiger charge is 2.29. The lowest BCUT2D eigenvalue weighted by molar-refractivity contribution is 0.0605. The molecule has 4 rings (SSSR count). The summed E-state index contributed by atoms with van der Waals surface area (Å²) in [5.74, 6) is 0.544. The van der Waals surface area contributed by atoms with Crippen molar-refractivity contribution in [3.8, 4) is 0 Å². The van der Waals surface area contributed by atoms with Crippen molar-refractivity contribution in [3.63, 3.8) is 0 Å². The summed E-state index contributed by atoms with van der Waals surface area (Å²) < 4.78 is 36.5. The van der Waals surface area contributed by atoms with Crippen LogP contribution in [-0.2, 0) is 27.7 Å². The number of fused-ring (bicyclic) bond motifs is 1. The van der Waals surface area contributed by atoms with Crippen LogP contribution < -0.4 is 4.31 Å². The quantitative estimate of drug-likeness (QED) is 0.478. The van der Waals surface area contributed by atoms with Gasteiger partial charge in [-0.15, -0.1) is 0 Å². The molecule has 6 nitrogen and oxygen atoms in total. The molecule has 1 aromatic heterocycles. The van der Waals surface area contributed by atoms with Crippen LogP contribution in [0.3, 0.4) is 0 Å². The summed E-state index contributed by atoms with van der Waals surface area (Å²) in [5, 5.41) is 5.40. The SMILES string of the molecule is CCc1ccc(N(C(C)CC)S(=O)(=O)c2ccc3c(cnn3CC3CCOCC3)c2)cc1. The molecular weight excluding hydrogens is 422 g/mol. The van der Waals surface area contributed by atoms with Crippen molar-refractivity contribution in [2.75, 3.05) is 17.5 Å². The summed E-state index contributed by atoms with van der Waals surface area (Å²) in [6.07, 6.45) is 5.49. The molecule has 2 heterocycles. The van der Waals surface area contributed by atoms with Crippen molar-refractivity contribution in [1.29, 1.82) is 0 Å². The van der Waals surface area contributed by atoms with E-state index in [9.17, 15) is 8.42 Å². The molecule has 0 bridgehead atoms. The fourth-order valence-electron chi connectivity index (χ4n) is 4.33. The third-order valence-electron chi connectivity index (χ3n) is 6.53. The lowest BCUT2D eigenvalue weighted by Gasteiger charge is -2.30. The minimum atomic E-state index is -3.71. The van der Waals surface area contributed by atoms with E-state index >= 15 is 0 Å². The van der Waals surface area contributed by atoms with Crippen molar-refractivity contribution >= 4 is 26.6 Å². The summed E-state index contributed by atoms with van der Waals surface area (Å²) in [5.41, 5.74) is 2.86. The Morgan fingerprint density at radius 3 is 2.50 bits per heavy atom. The van der Waals surface area contributed by atoms with E-state index in [0.29, 0.717) is 16.5 Å². The molecule has 3 aromatic rings. The highest BCUT2D eigenvalue weighted by molar-refractivity contribution is 7.92. The number of anilines is 1. The Hall–Kier alpha value is -2.38. The first-order valence-electron chi connectivity index (χ1n) is 11.6. The van der Waals surface area contributed by atoms with E-state index in [1.165, 1.54) is 5.56 Å². The van der Waals surface area contributed by atoms with Gasteiger partial charge in [-0.1, -0.05) is 26.0 Å². The number of ether oxygens (including phenoxy) is 1. The van der Waals surface area contributed by atoms with Crippen molar-refractivity contribution < 1.29 is 13.2 Å². The number of rotatable bonds is 8. The van der Waals surface area contributed by atoms with Crippen LogP contribution in [0.25, 0.3) is 10.9 Å². The Bertz CT molecular complexity index is 1150. The lowest BCUT2D eigenvalue weighted by Crippen LogP contribution is -2.38. The van der Waals surface area contributed by atoms with Crippen molar-refractivity contribution in [3.05, 3.63) is 54.2 Å². The predicted octanol–water partition coefficient (Wildman–Crippen LogP) is 5.02. The van der Waals surface area contributed by atoms with E-state index in [2.05, 4.69) is 12.0 Å². The average Bonchev–Trinajstić information content (AvgIpc) is 3.22. The summed E-state index contributed by atoms with van der Waals surface area (Å²) >= 11 is 0. The van der Waals surface area contributed by atoms with Gasteiger partial charge in [0.25, 0.3) is 10.0 Å². The van der Waals surface area contributed by atoms with Crippen molar-refractivity contribution in [2.45, 2.75) is 63.9 Å². The summed E-state index contributed by atoms with van der Waals surface area (Å²) in [4.78, 5) is 0.301. The van der Waals surface area contributed by atoms with Crippen LogP contribution in [0.1, 0.15) is 45.6 Å². The largest absolute Gasteiger partial charge is 0.381 e. The van der Waals surface area contributed by atoms with Gasteiger partial charge in [-0.2, -0.15) is 5.10 Å². The van der Waals surface area contributed by atoms with Gasteiger partial charge >= 0.3 is 0 Å². The predicted molar refractivity (Wildman–Crippen MR) is 129 cm³/mol. The second-order valence-electron chi connectivity index (χ2n) is 8.68. The zero-order chi connectivity index (χ0) is 22.7. The molecule has 1 saturated heterocycles. The Balaban J connectivity index is 1.66. The molecule has 7 heteroatoms. The number of hydrogen-bond acceptors (Lipinski definition) is 4. The van der Waals surface area contributed by atoms with E-state index in [4.69, 9.17) is 4.74 Å². The molecule has 1 aliphatic rings. The molecule has 0 N–H and O–H groups in total. The first-order chi connectivity index (χ1) is 15.4. The van der Waals surface area contributed by atoms with E-state index in [1.54, 1.807) is 22.6 Å². The molecular formula is C25H33N3O3S. The number of aryl methyl sites for hydroxylation is 1. The van der Waals surface area contributed by atoms with Gasteiger partial charge in [0.1, 0.15) is 0 Å². The molecule has 32 heavy (non-hydrogen) atoms. The topological polar surface area (TPSA) is 64.4 Å². The van der Waals surface area contributed by atoms with E-state index in [0.717, 1.165) is 56.3 Å². The van der Waals surface area contributed by atoms with Crippen LogP contribution >= 0.6 is 0 Å². The first-order valence-corrected chi connectivity index (χ1v) is 13.0. The molecule has 0 amide bonds. The molecule has 1 atom stereocenters. The number of hydrogen-bond donors (Lipinski definition) is 0. The maximum Gasteiger partial charge on any atom is 0.264 e. The van der Waals surface area contributed by atoms with Crippen LogP contribution in [0, 0.1) is 5.92 Å². The van der Waals surface area contributed by atoms with Crippen LogP contribution in [0.15, 0.2) is 53.6 Å². The van der Waals surface area contributed by atoms with Crippen LogP contribution in [0.2, 0.25) is 0 Å². The zero-order valence-corrected chi connectivity index (χ0v) is 20.0. The smallest absolute Gasteiger partial charge is 0.264 e. The minimum absolute atomic E-state index is 0.153. The van der Waals surface area contributed by atoms with Gasteiger partial charge < -0.3 is 4.74 Å². The second-order valence-corrected chi connectivity index (χ2v) is 10.5. The monoisotopic (exact) mass is 455 g/mol. The maximum absolute atomic E-state index is 13.7. The molecule has 0 saturated carbocycles. The highest BCUT2D eigenvalue weighted by atomic mass is 32.2. The van der Waals surface area contributed by atoms with E-state index < -0.39 is 10.0 Å². The summed E-state index contributed by atoms with van der Waals surface area (Å²) in [6.45, 7) is 8.50. The number of nitrogens with zero attached hydrogens (tertiary/aromatic N) is 3. The van der Waals surface area contributed by atoms with Gasteiger partial charge in [0.15, 0.2) is 0 Å². The Morgan fingerprint density at radius 2 is 1.84 bits per heavy atom. The number of sulfonamides is 1. The fraction of sp³-hybridized carbons (Fsp3) is 0.480. The molecule has 1 aliphatic heterocycles. The summed E-state index contributed by atoms with van der Waals surface area (Å²) in [7, 11) is -3.71. The normalized spacial score (nSPS) is 16.3. The Kier molecular flexibility index (Phi) is 6.86. The third-order valence-corrected chi connectivity index (χ3v) is 8.47. The van der Waals surface area contributed by atoms with Crippen LogP contribution in [0.5, 0.6) is 0 Å². The van der Waals surface area contributed by atoms with Crippen LogP contribution in [-0.4, -0.2) is 37.5 Å². The minimum Gasteiger partial charge on any atom is -0.381 e. The van der Waals surface area contributed by atoms with Gasteiger partial charge in [0.2, 0.25) is 0 Å². The van der Waals surface area contributed by atoms with E-state index in [-0.39, 0.29) is 6.04 Å². The second kappa shape index (κ2) is 9.63. The molecule has 172 valence electrons. The van der Waals surface area contributed by atoms with Gasteiger partial charge in [-0.05, 0) is 74.4 Å². The van der Waals surface area contributed by atoms with Gasteiger partial charge in [-0.3, -0.25) is 8.99 Å². The highest BCUT2D eigenvalue weighted by Crippen LogP contribution is 2.30. The van der Waals surface area contributed by atoms with Crippen molar-refractivity contribution in [2.24, 2.45) is 5.92 Å². The maximum atomic E-state index is 13.7. The Labute approximate surface area is 191 Å². The van der Waals surface area contributed by atoms with E-state index in [1.807, 2.05) is 48.9 Å². The molecule has 1 unspecified atom stereocenters. The Morgan fingerprint density at radius 1 is 1.12 bits per heavy atom. The molecule has 2 aromatic carbocycles. The lowest BCUT2D eigenvalue weighted by atomic mass is 10.0.